The first kappa shape index (κ1) is 7.55. The first-order valence-corrected chi connectivity index (χ1v) is 5.36. The Morgan fingerprint density at radius 2 is 2.18 bits per heavy atom. The summed E-state index contributed by atoms with van der Waals surface area (Å²) in [5, 5.41) is 4.99. The lowest BCUT2D eigenvalue weighted by Crippen LogP contribution is -1.69. The number of benzene rings is 1. The lowest BCUT2D eigenvalue weighted by molar-refractivity contribution is 1.66. The molecule has 0 N–H and O–H groups in total. The quantitative estimate of drug-likeness (QED) is 0.641. The van der Waals surface area contributed by atoms with Gasteiger partial charge >= 0.3 is 0 Å². The molecule has 0 amide bonds. The molecule has 0 aliphatic heterocycles. The molecular weight excluding hydrogens is 267 g/mol. The van der Waals surface area contributed by atoms with Crippen molar-refractivity contribution in [3.63, 3.8) is 0 Å². The van der Waals surface area contributed by atoms with Crippen LogP contribution in [-0.4, -0.2) is 0 Å². The summed E-state index contributed by atoms with van der Waals surface area (Å²) in [5.74, 6) is 0. The smallest absolute Gasteiger partial charge is 0.0136 e. The Hall–Kier alpha value is -0.0900. The van der Waals surface area contributed by atoms with Gasteiger partial charge < -0.3 is 0 Å². The van der Waals surface area contributed by atoms with Crippen molar-refractivity contribution in [2.75, 3.05) is 0 Å². The van der Waals surface area contributed by atoms with Gasteiger partial charge in [-0.2, -0.15) is 0 Å². The van der Waals surface area contributed by atoms with Gasteiger partial charge in [0.1, 0.15) is 0 Å². The summed E-state index contributed by atoms with van der Waals surface area (Å²) in [4.78, 5) is 1.41. The Morgan fingerprint density at radius 3 is 3.00 bits per heavy atom. The number of fused-ring (bicyclic) bond motifs is 1. The monoisotopic (exact) mass is 274 g/mol. The number of aryl methyl sites for hydroxylation is 1. The molecule has 0 saturated carbocycles. The highest BCUT2D eigenvalue weighted by molar-refractivity contribution is 14.1. The fourth-order valence-corrected chi connectivity index (χ4v) is 2.49. The molecule has 0 aliphatic rings. The molecule has 0 fully saturated rings. The number of hydrogen-bond donors (Lipinski definition) is 0. The van der Waals surface area contributed by atoms with E-state index < -0.39 is 0 Å². The van der Waals surface area contributed by atoms with Crippen molar-refractivity contribution in [3.05, 3.63) is 32.0 Å². The summed E-state index contributed by atoms with van der Waals surface area (Å²) >= 11 is 4.16. The Balaban J connectivity index is 2.86. The van der Waals surface area contributed by atoms with Crippen LogP contribution in [-0.2, 0) is 0 Å². The Morgan fingerprint density at radius 1 is 1.36 bits per heavy atom. The minimum Gasteiger partial charge on any atom is -0.148 e. The molecule has 0 spiro atoms. The maximum absolute atomic E-state index is 2.34. The van der Waals surface area contributed by atoms with Gasteiger partial charge in [-0.3, -0.25) is 0 Å². The Bertz CT molecular complexity index is 389. The normalized spacial score (nSPS) is 10.7. The molecule has 1 aromatic carbocycles. The van der Waals surface area contributed by atoms with Crippen LogP contribution in [0.3, 0.4) is 0 Å². The van der Waals surface area contributed by atoms with Crippen LogP contribution in [0.5, 0.6) is 0 Å². The number of thiophene rings is 1. The second-order valence-electron chi connectivity index (χ2n) is 2.52. The van der Waals surface area contributed by atoms with Gasteiger partial charge in [-0.15, -0.1) is 11.3 Å². The summed E-state index contributed by atoms with van der Waals surface area (Å²) < 4.78 is 1.31. The summed E-state index contributed by atoms with van der Waals surface area (Å²) in [6.45, 7) is 2.17. The lowest BCUT2D eigenvalue weighted by Gasteiger charge is -1.91. The van der Waals surface area contributed by atoms with Gasteiger partial charge in [0.15, 0.2) is 0 Å². The molecular formula is C9H7IS. The number of halogens is 1. The molecule has 2 aromatic rings. The van der Waals surface area contributed by atoms with E-state index in [9.17, 15) is 0 Å². The first-order chi connectivity index (χ1) is 5.27. The molecule has 11 heavy (non-hydrogen) atoms. The zero-order valence-corrected chi connectivity index (χ0v) is 9.07. The van der Waals surface area contributed by atoms with Crippen molar-refractivity contribution < 1.29 is 0 Å². The largest absolute Gasteiger partial charge is 0.148 e. The van der Waals surface area contributed by atoms with Crippen LogP contribution in [0.15, 0.2) is 23.6 Å². The van der Waals surface area contributed by atoms with Crippen LogP contribution in [0, 0.1) is 10.5 Å². The minimum absolute atomic E-state index is 1.31. The van der Waals surface area contributed by atoms with E-state index >= 15 is 0 Å². The van der Waals surface area contributed by atoms with Crippen LogP contribution in [0.25, 0.3) is 10.8 Å². The highest BCUT2D eigenvalue weighted by Gasteiger charge is 1.98. The SMILES string of the molecule is Cc1scc2cc(I)ccc12. The van der Waals surface area contributed by atoms with Crippen LogP contribution in [0.1, 0.15) is 4.88 Å². The standard InChI is InChI=1S/C9H7IS/c1-6-9-3-2-8(10)4-7(9)5-11-6/h2-5H,1H3. The van der Waals surface area contributed by atoms with Crippen LogP contribution < -0.4 is 0 Å². The molecule has 2 rings (SSSR count). The highest BCUT2D eigenvalue weighted by Crippen LogP contribution is 2.25. The van der Waals surface area contributed by atoms with Gasteiger partial charge in [0.2, 0.25) is 0 Å². The maximum atomic E-state index is 2.34. The molecule has 1 heterocycles. The van der Waals surface area contributed by atoms with Gasteiger partial charge in [-0.1, -0.05) is 6.07 Å². The van der Waals surface area contributed by atoms with E-state index in [1.54, 1.807) is 0 Å². The Labute approximate surface area is 83.4 Å². The fourth-order valence-electron chi connectivity index (χ4n) is 1.17. The molecule has 0 atom stereocenters. The van der Waals surface area contributed by atoms with Crippen molar-refractivity contribution in [2.45, 2.75) is 6.92 Å². The molecule has 0 bridgehead atoms. The van der Waals surface area contributed by atoms with Gasteiger partial charge in [0.05, 0.1) is 0 Å². The molecule has 0 unspecified atom stereocenters. The third kappa shape index (κ3) is 1.29. The zero-order valence-electron chi connectivity index (χ0n) is 6.10. The van der Waals surface area contributed by atoms with Crippen molar-refractivity contribution in [1.29, 1.82) is 0 Å². The van der Waals surface area contributed by atoms with E-state index in [4.69, 9.17) is 0 Å². The molecule has 0 saturated heterocycles. The van der Waals surface area contributed by atoms with Crippen molar-refractivity contribution >= 4 is 44.7 Å². The van der Waals surface area contributed by atoms with Gasteiger partial charge in [0, 0.05) is 8.45 Å². The van der Waals surface area contributed by atoms with Crippen LogP contribution >= 0.6 is 33.9 Å². The molecule has 0 aliphatic carbocycles. The Kier molecular flexibility index (Phi) is 1.89. The van der Waals surface area contributed by atoms with Gasteiger partial charge in [0.25, 0.3) is 0 Å². The number of rotatable bonds is 0. The summed E-state index contributed by atoms with van der Waals surface area (Å²) in [7, 11) is 0. The minimum atomic E-state index is 1.31. The van der Waals surface area contributed by atoms with E-state index in [0.29, 0.717) is 0 Å². The van der Waals surface area contributed by atoms with Crippen molar-refractivity contribution in [2.24, 2.45) is 0 Å². The molecule has 1 aromatic heterocycles. The van der Waals surface area contributed by atoms with E-state index in [1.165, 1.54) is 19.2 Å². The third-order valence-corrected chi connectivity index (χ3v) is 3.37. The lowest BCUT2D eigenvalue weighted by atomic mass is 10.2. The fraction of sp³-hybridized carbons (Fsp3) is 0.111. The van der Waals surface area contributed by atoms with E-state index in [1.807, 2.05) is 11.3 Å². The average Bonchev–Trinajstić information content (AvgIpc) is 2.32. The van der Waals surface area contributed by atoms with Crippen LogP contribution in [0.2, 0.25) is 0 Å². The highest BCUT2D eigenvalue weighted by atomic mass is 127. The molecule has 56 valence electrons. The average molecular weight is 274 g/mol. The van der Waals surface area contributed by atoms with Gasteiger partial charge in [-0.25, -0.2) is 0 Å². The second kappa shape index (κ2) is 2.75. The van der Waals surface area contributed by atoms with E-state index in [0.717, 1.165) is 0 Å². The van der Waals surface area contributed by atoms with Gasteiger partial charge in [-0.05, 0) is 57.8 Å². The molecule has 0 nitrogen and oxygen atoms in total. The zero-order chi connectivity index (χ0) is 7.84. The van der Waals surface area contributed by atoms with E-state index in [2.05, 4.69) is 53.1 Å². The van der Waals surface area contributed by atoms with Crippen LogP contribution in [0.4, 0.5) is 0 Å². The maximum Gasteiger partial charge on any atom is 0.0136 e. The third-order valence-electron chi connectivity index (χ3n) is 1.76. The predicted molar refractivity (Wildman–Crippen MR) is 59.3 cm³/mol. The van der Waals surface area contributed by atoms with Crippen molar-refractivity contribution in [1.82, 2.24) is 0 Å². The van der Waals surface area contributed by atoms with E-state index in [-0.39, 0.29) is 0 Å². The summed E-state index contributed by atoms with van der Waals surface area (Å²) in [5.41, 5.74) is 0. The summed E-state index contributed by atoms with van der Waals surface area (Å²) in [6, 6.07) is 6.57. The molecule has 0 radical (unpaired) electrons. The topological polar surface area (TPSA) is 0 Å². The molecule has 2 heteroatoms. The predicted octanol–water partition coefficient (Wildman–Crippen LogP) is 3.81. The first-order valence-electron chi connectivity index (χ1n) is 3.41. The van der Waals surface area contributed by atoms with Crippen molar-refractivity contribution in [3.8, 4) is 0 Å². The summed E-state index contributed by atoms with van der Waals surface area (Å²) in [6.07, 6.45) is 0. The number of hydrogen-bond acceptors (Lipinski definition) is 1. The second-order valence-corrected chi connectivity index (χ2v) is 4.85.